The number of aromatic nitrogens is 3. The summed E-state index contributed by atoms with van der Waals surface area (Å²) in [6, 6.07) is 6.99. The number of carboxylic acid groups (broad SMARTS) is 1. The van der Waals surface area contributed by atoms with Gasteiger partial charge in [0.05, 0.1) is 15.8 Å². The minimum absolute atomic E-state index is 0.0134. The van der Waals surface area contributed by atoms with Gasteiger partial charge in [0.15, 0.2) is 18.1 Å². The van der Waals surface area contributed by atoms with Gasteiger partial charge in [-0.2, -0.15) is 5.10 Å². The lowest BCUT2D eigenvalue weighted by Crippen LogP contribution is -2.46. The molecule has 0 aliphatic carbocycles. The number of halogens is 1. The molecule has 1 fully saturated rings. The molecule has 36 heavy (non-hydrogen) atoms. The molecule has 192 valence electrons. The summed E-state index contributed by atoms with van der Waals surface area (Å²) in [6.07, 6.45) is 1.61. The predicted molar refractivity (Wildman–Crippen MR) is 131 cm³/mol. The second-order valence-corrected chi connectivity index (χ2v) is 10.4. The molecule has 4 rings (SSSR count). The van der Waals surface area contributed by atoms with Crippen molar-refractivity contribution in [2.45, 2.75) is 45.3 Å². The van der Waals surface area contributed by atoms with E-state index in [1.54, 1.807) is 12.1 Å². The van der Waals surface area contributed by atoms with Crippen molar-refractivity contribution in [2.24, 2.45) is 0 Å². The van der Waals surface area contributed by atoms with Gasteiger partial charge in [-0.1, -0.05) is 16.8 Å². The van der Waals surface area contributed by atoms with E-state index in [9.17, 15) is 14.4 Å². The maximum absolute atomic E-state index is 13.2. The van der Waals surface area contributed by atoms with E-state index in [1.165, 1.54) is 22.1 Å². The lowest BCUT2D eigenvalue weighted by molar-refractivity contribution is -0.140. The molecule has 0 spiro atoms. The number of nitrogens with one attached hydrogen (secondary N) is 1. The third-order valence-corrected chi connectivity index (χ3v) is 7.08. The molecule has 1 aliphatic heterocycles. The number of likely N-dealkylation sites (tertiary alicyclic amines) is 1. The Morgan fingerprint density at radius 3 is 2.67 bits per heavy atom. The van der Waals surface area contributed by atoms with E-state index in [-0.39, 0.29) is 24.0 Å². The van der Waals surface area contributed by atoms with E-state index in [1.807, 2.05) is 6.07 Å². The molecule has 3 aromatic heterocycles. The number of aliphatic carboxylic acids is 1. The maximum atomic E-state index is 13.2. The number of hydrogen-bond acceptors (Lipinski definition) is 9. The van der Waals surface area contributed by atoms with Gasteiger partial charge in [-0.25, -0.2) is 9.59 Å². The summed E-state index contributed by atoms with van der Waals surface area (Å²) < 4.78 is 12.1. The maximum Gasteiger partial charge on any atom is 0.359 e. The quantitative estimate of drug-likeness (QED) is 0.395. The molecule has 0 atom stereocenters. The van der Waals surface area contributed by atoms with Crippen LogP contribution in [0, 0.1) is 0 Å². The highest BCUT2D eigenvalue weighted by atomic mass is 35.5. The molecule has 1 amide bonds. The van der Waals surface area contributed by atoms with Crippen LogP contribution in [0.15, 0.2) is 28.8 Å². The molecule has 0 unspecified atom stereocenters. The first kappa shape index (κ1) is 25.9. The van der Waals surface area contributed by atoms with Crippen molar-refractivity contribution in [1.29, 1.82) is 0 Å². The van der Waals surface area contributed by atoms with E-state index in [4.69, 9.17) is 26.0 Å². The van der Waals surface area contributed by atoms with E-state index in [2.05, 4.69) is 34.3 Å². The van der Waals surface area contributed by atoms with Crippen molar-refractivity contribution in [1.82, 2.24) is 25.2 Å². The summed E-state index contributed by atoms with van der Waals surface area (Å²) in [5.74, 6) is -2.11. The van der Waals surface area contributed by atoms with Crippen LogP contribution in [-0.2, 0) is 16.1 Å². The topological polar surface area (TPSA) is 140 Å². The van der Waals surface area contributed by atoms with Crippen LogP contribution in [0.4, 0.5) is 0 Å². The minimum atomic E-state index is -1.29. The molecule has 13 heteroatoms. The average molecular weight is 536 g/mol. The summed E-state index contributed by atoms with van der Waals surface area (Å²) in [5, 5.41) is 20.1. The molecule has 4 heterocycles. The summed E-state index contributed by atoms with van der Waals surface area (Å²) in [6.45, 7) is 5.28. The standard InChI is InChI=1S/C23H26ClN5O6S/c1-13(2)28-7-5-14(6-8-28)25-22(32)17-10-16(23(33)34-12-21(30)31)26-29(17)11-15-9-18(35-27-15)19-3-4-20(24)36-19/h3-4,9-10,13-14H,5-8,11-12H2,1-2H3,(H,25,32)(H,30,31). The van der Waals surface area contributed by atoms with Crippen LogP contribution >= 0.6 is 22.9 Å². The Morgan fingerprint density at radius 1 is 1.28 bits per heavy atom. The van der Waals surface area contributed by atoms with Gasteiger partial charge in [-0.05, 0) is 38.8 Å². The molecule has 0 saturated carbocycles. The molecule has 0 radical (unpaired) electrons. The molecule has 2 N–H and O–H groups in total. The Bertz CT molecular complexity index is 1240. The largest absolute Gasteiger partial charge is 0.479 e. The van der Waals surface area contributed by atoms with Crippen LogP contribution in [0.3, 0.4) is 0 Å². The van der Waals surface area contributed by atoms with Crippen LogP contribution < -0.4 is 5.32 Å². The van der Waals surface area contributed by atoms with Crippen LogP contribution in [0.25, 0.3) is 10.6 Å². The Balaban J connectivity index is 1.52. The summed E-state index contributed by atoms with van der Waals surface area (Å²) in [5.41, 5.74) is 0.430. The number of rotatable bonds is 9. The first-order chi connectivity index (χ1) is 17.2. The van der Waals surface area contributed by atoms with Gasteiger partial charge in [0.1, 0.15) is 11.4 Å². The number of nitrogens with zero attached hydrogens (tertiary/aromatic N) is 4. The Labute approximate surface area is 216 Å². The van der Waals surface area contributed by atoms with Crippen molar-refractivity contribution in [2.75, 3.05) is 19.7 Å². The first-order valence-electron chi connectivity index (χ1n) is 11.4. The van der Waals surface area contributed by atoms with Crippen molar-refractivity contribution in [3.8, 4) is 10.6 Å². The number of carbonyl (C=O) groups is 3. The normalized spacial score (nSPS) is 14.8. The fourth-order valence-corrected chi connectivity index (χ4v) is 4.93. The highest BCUT2D eigenvalue weighted by Crippen LogP contribution is 2.31. The van der Waals surface area contributed by atoms with Gasteiger partial charge in [-0.15, -0.1) is 11.3 Å². The third kappa shape index (κ3) is 6.31. The van der Waals surface area contributed by atoms with E-state index >= 15 is 0 Å². The zero-order valence-corrected chi connectivity index (χ0v) is 21.3. The van der Waals surface area contributed by atoms with E-state index < -0.39 is 24.5 Å². The van der Waals surface area contributed by atoms with Gasteiger partial charge < -0.3 is 24.6 Å². The number of thiophene rings is 1. The Kier molecular flexibility index (Phi) is 8.07. The number of ether oxygens (including phenoxy) is 1. The molecule has 3 aromatic rings. The zero-order valence-electron chi connectivity index (χ0n) is 19.8. The fraction of sp³-hybridized carbons (Fsp3) is 0.435. The minimum Gasteiger partial charge on any atom is -0.479 e. The number of carbonyl (C=O) groups excluding carboxylic acids is 2. The van der Waals surface area contributed by atoms with Crippen molar-refractivity contribution in [3.05, 3.63) is 45.7 Å². The van der Waals surface area contributed by atoms with Crippen LogP contribution in [0.5, 0.6) is 0 Å². The SMILES string of the molecule is CC(C)N1CCC(NC(=O)c2cc(C(=O)OCC(=O)O)nn2Cc2cc(-c3ccc(Cl)s3)on2)CC1. The number of hydrogen-bond donors (Lipinski definition) is 2. The van der Waals surface area contributed by atoms with Crippen molar-refractivity contribution >= 4 is 40.8 Å². The van der Waals surface area contributed by atoms with Gasteiger partial charge in [0, 0.05) is 37.3 Å². The van der Waals surface area contributed by atoms with Crippen molar-refractivity contribution < 1.29 is 28.8 Å². The molecular weight excluding hydrogens is 510 g/mol. The summed E-state index contributed by atoms with van der Waals surface area (Å²) in [4.78, 5) is 39.4. The molecule has 1 saturated heterocycles. The fourth-order valence-electron chi connectivity index (χ4n) is 3.94. The van der Waals surface area contributed by atoms with Crippen molar-refractivity contribution in [3.63, 3.8) is 0 Å². The van der Waals surface area contributed by atoms with E-state index in [0.29, 0.717) is 21.8 Å². The zero-order chi connectivity index (χ0) is 25.8. The van der Waals surface area contributed by atoms with E-state index in [0.717, 1.165) is 30.8 Å². The predicted octanol–water partition coefficient (Wildman–Crippen LogP) is 3.15. The van der Waals surface area contributed by atoms with Gasteiger partial charge in [0.25, 0.3) is 5.91 Å². The lowest BCUT2D eigenvalue weighted by atomic mass is 10.0. The average Bonchev–Trinajstić information content (AvgIpc) is 3.58. The molecule has 0 aromatic carbocycles. The second kappa shape index (κ2) is 11.2. The number of piperidine rings is 1. The molecule has 1 aliphatic rings. The van der Waals surface area contributed by atoms with Gasteiger partial charge >= 0.3 is 11.9 Å². The number of amides is 1. The van der Waals surface area contributed by atoms with Crippen LogP contribution in [-0.4, -0.2) is 74.6 Å². The Morgan fingerprint density at radius 2 is 2.03 bits per heavy atom. The highest BCUT2D eigenvalue weighted by Gasteiger charge is 2.26. The summed E-state index contributed by atoms with van der Waals surface area (Å²) in [7, 11) is 0. The van der Waals surface area contributed by atoms with Crippen LogP contribution in [0.2, 0.25) is 4.34 Å². The van der Waals surface area contributed by atoms with Crippen LogP contribution in [0.1, 0.15) is 53.4 Å². The molecular formula is C23H26ClN5O6S. The second-order valence-electron chi connectivity index (χ2n) is 8.71. The monoisotopic (exact) mass is 535 g/mol. The van der Waals surface area contributed by atoms with Gasteiger partial charge in [-0.3, -0.25) is 9.48 Å². The van der Waals surface area contributed by atoms with Gasteiger partial charge in [0.2, 0.25) is 0 Å². The molecule has 0 bridgehead atoms. The lowest BCUT2D eigenvalue weighted by Gasteiger charge is -2.34. The summed E-state index contributed by atoms with van der Waals surface area (Å²) >= 11 is 7.34. The molecule has 11 nitrogen and oxygen atoms in total. The number of carboxylic acids is 1. The third-order valence-electron chi connectivity index (χ3n) is 5.83. The first-order valence-corrected chi connectivity index (χ1v) is 12.6. The Hall–Kier alpha value is -3.22. The highest BCUT2D eigenvalue weighted by molar-refractivity contribution is 7.19. The number of esters is 1. The smallest absolute Gasteiger partial charge is 0.359 e.